The molecule has 2 heteroatoms. The van der Waals surface area contributed by atoms with Crippen LogP contribution in [0.4, 0.5) is 0 Å². The van der Waals surface area contributed by atoms with Crippen molar-refractivity contribution in [2.75, 3.05) is 0 Å². The molecule has 0 unspecified atom stereocenters. The van der Waals surface area contributed by atoms with Crippen LogP contribution in [0.3, 0.4) is 0 Å². The third kappa shape index (κ3) is 3.62. The summed E-state index contributed by atoms with van der Waals surface area (Å²) in [5, 5.41) is 2.08. The topological polar surface area (TPSA) is 17.1 Å². The van der Waals surface area contributed by atoms with E-state index in [0.29, 0.717) is 12.2 Å². The molecule has 1 heterocycles. The Morgan fingerprint density at radius 1 is 1.43 bits per heavy atom. The van der Waals surface area contributed by atoms with Crippen molar-refractivity contribution >= 4 is 17.1 Å². The number of hydrogen-bond acceptors (Lipinski definition) is 2. The van der Waals surface area contributed by atoms with Crippen LogP contribution < -0.4 is 0 Å². The average molecular weight is 210 g/mol. The van der Waals surface area contributed by atoms with Gasteiger partial charge in [-0.15, -0.1) is 11.3 Å². The summed E-state index contributed by atoms with van der Waals surface area (Å²) < 4.78 is 0. The van der Waals surface area contributed by atoms with Gasteiger partial charge in [-0.2, -0.15) is 0 Å². The van der Waals surface area contributed by atoms with Crippen LogP contribution in [-0.2, 0) is 11.2 Å². The monoisotopic (exact) mass is 210 g/mol. The third-order valence-corrected chi connectivity index (χ3v) is 3.18. The maximum Gasteiger partial charge on any atom is 0.138 e. The molecule has 0 amide bonds. The molecule has 0 bridgehead atoms. The molecule has 1 rings (SSSR count). The van der Waals surface area contributed by atoms with Crippen molar-refractivity contribution in [1.82, 2.24) is 0 Å². The van der Waals surface area contributed by atoms with Gasteiger partial charge < -0.3 is 0 Å². The fraction of sp³-hybridized carbons (Fsp3) is 0.583. The first kappa shape index (κ1) is 11.4. The summed E-state index contributed by atoms with van der Waals surface area (Å²) in [5.74, 6) is 0.369. The zero-order chi connectivity index (χ0) is 10.6. The Hall–Kier alpha value is -0.630. The summed E-state index contributed by atoms with van der Waals surface area (Å²) in [6, 6.07) is 4.19. The highest BCUT2D eigenvalue weighted by molar-refractivity contribution is 7.09. The lowest BCUT2D eigenvalue weighted by molar-refractivity contribution is -0.126. The van der Waals surface area contributed by atoms with Gasteiger partial charge >= 0.3 is 0 Å². The highest BCUT2D eigenvalue weighted by Crippen LogP contribution is 2.19. The molecule has 0 aliphatic heterocycles. The molecule has 0 radical (unpaired) electrons. The van der Waals surface area contributed by atoms with E-state index in [2.05, 4.69) is 17.5 Å². The predicted octanol–water partition coefficient (Wildman–Crippen LogP) is 3.69. The summed E-state index contributed by atoms with van der Waals surface area (Å²) in [6.07, 6.45) is 2.73. The van der Waals surface area contributed by atoms with Crippen LogP contribution in [0, 0.1) is 5.41 Å². The number of carbonyl (C=O) groups is 1. The Labute approximate surface area is 90.2 Å². The second kappa shape index (κ2) is 4.74. The van der Waals surface area contributed by atoms with Crippen molar-refractivity contribution in [3.63, 3.8) is 0 Å². The van der Waals surface area contributed by atoms with Gasteiger partial charge in [-0.05, 0) is 24.3 Å². The van der Waals surface area contributed by atoms with Gasteiger partial charge in [-0.25, -0.2) is 0 Å². The summed E-state index contributed by atoms with van der Waals surface area (Å²) in [7, 11) is 0. The van der Waals surface area contributed by atoms with E-state index in [0.717, 1.165) is 12.8 Å². The maximum atomic E-state index is 11.6. The van der Waals surface area contributed by atoms with Crippen LogP contribution >= 0.6 is 11.3 Å². The number of ketones is 1. The molecule has 0 saturated heterocycles. The van der Waals surface area contributed by atoms with E-state index in [1.807, 2.05) is 20.8 Å². The van der Waals surface area contributed by atoms with Crippen LogP contribution in [0.1, 0.15) is 38.5 Å². The number of rotatable bonds is 4. The molecule has 78 valence electrons. The Morgan fingerprint density at radius 2 is 2.14 bits per heavy atom. The van der Waals surface area contributed by atoms with Crippen LogP contribution in [-0.4, -0.2) is 5.78 Å². The van der Waals surface area contributed by atoms with Crippen LogP contribution in [0.15, 0.2) is 17.5 Å². The lowest BCUT2D eigenvalue weighted by atomic mass is 9.88. The first-order valence-corrected chi connectivity index (χ1v) is 5.94. The van der Waals surface area contributed by atoms with Crippen LogP contribution in [0.25, 0.3) is 0 Å². The van der Waals surface area contributed by atoms with Gasteiger partial charge in [0.25, 0.3) is 0 Å². The van der Waals surface area contributed by atoms with Gasteiger partial charge in [0.2, 0.25) is 0 Å². The Morgan fingerprint density at radius 3 is 2.64 bits per heavy atom. The molecular formula is C12H18OS. The SMILES string of the molecule is CC(C)(C)C(=O)CCCc1cccs1. The molecule has 1 nitrogen and oxygen atoms in total. The highest BCUT2D eigenvalue weighted by Gasteiger charge is 2.19. The molecule has 0 spiro atoms. The van der Waals surface area contributed by atoms with E-state index in [4.69, 9.17) is 0 Å². The second-order valence-corrected chi connectivity index (χ2v) is 5.64. The quantitative estimate of drug-likeness (QED) is 0.740. The lowest BCUT2D eigenvalue weighted by Gasteiger charge is -2.15. The molecule has 1 aromatic rings. The summed E-state index contributed by atoms with van der Waals surface area (Å²) in [4.78, 5) is 13.0. The molecule has 0 aromatic carbocycles. The Kier molecular flexibility index (Phi) is 3.87. The third-order valence-electron chi connectivity index (χ3n) is 2.24. The zero-order valence-electron chi connectivity index (χ0n) is 9.17. The molecule has 0 atom stereocenters. The van der Waals surface area contributed by atoms with Crippen molar-refractivity contribution in [1.29, 1.82) is 0 Å². The molecule has 0 saturated carbocycles. The molecule has 0 aliphatic rings. The zero-order valence-corrected chi connectivity index (χ0v) is 9.99. The minimum absolute atomic E-state index is 0.171. The first-order valence-electron chi connectivity index (χ1n) is 5.06. The summed E-state index contributed by atoms with van der Waals surface area (Å²) >= 11 is 1.77. The van der Waals surface area contributed by atoms with E-state index >= 15 is 0 Å². The smallest absolute Gasteiger partial charge is 0.138 e. The fourth-order valence-electron chi connectivity index (χ4n) is 1.25. The Bertz CT molecular complexity index is 280. The Balaban J connectivity index is 2.26. The van der Waals surface area contributed by atoms with Crippen LogP contribution in [0.2, 0.25) is 0 Å². The number of hydrogen-bond donors (Lipinski definition) is 0. The van der Waals surface area contributed by atoms with Gasteiger partial charge in [0.1, 0.15) is 5.78 Å². The summed E-state index contributed by atoms with van der Waals surface area (Å²) in [5.41, 5.74) is -0.171. The van der Waals surface area contributed by atoms with Gasteiger partial charge in [0.15, 0.2) is 0 Å². The summed E-state index contributed by atoms with van der Waals surface area (Å²) in [6.45, 7) is 5.96. The standard InChI is InChI=1S/C12H18OS/c1-12(2,3)11(13)8-4-6-10-7-5-9-14-10/h5,7,9H,4,6,8H2,1-3H3. The first-order chi connectivity index (χ1) is 6.50. The second-order valence-electron chi connectivity index (χ2n) is 4.61. The highest BCUT2D eigenvalue weighted by atomic mass is 32.1. The minimum atomic E-state index is -0.171. The van der Waals surface area contributed by atoms with E-state index in [1.165, 1.54) is 4.88 Å². The van der Waals surface area contributed by atoms with Gasteiger partial charge in [-0.3, -0.25) is 4.79 Å². The molecule has 1 aromatic heterocycles. The maximum absolute atomic E-state index is 11.6. The number of thiophene rings is 1. The number of aryl methyl sites for hydroxylation is 1. The number of Topliss-reactive ketones (excluding diaryl/α,β-unsaturated/α-hetero) is 1. The molecule has 0 fully saturated rings. The van der Waals surface area contributed by atoms with E-state index in [1.54, 1.807) is 11.3 Å². The van der Waals surface area contributed by atoms with Crippen molar-refractivity contribution in [2.45, 2.75) is 40.0 Å². The van der Waals surface area contributed by atoms with Crippen molar-refractivity contribution in [3.8, 4) is 0 Å². The predicted molar refractivity (Wildman–Crippen MR) is 61.7 cm³/mol. The largest absolute Gasteiger partial charge is 0.299 e. The van der Waals surface area contributed by atoms with Crippen molar-refractivity contribution in [3.05, 3.63) is 22.4 Å². The minimum Gasteiger partial charge on any atom is -0.299 e. The normalized spacial score (nSPS) is 11.6. The van der Waals surface area contributed by atoms with E-state index in [-0.39, 0.29) is 5.41 Å². The fourth-order valence-corrected chi connectivity index (χ4v) is 2.00. The van der Waals surface area contributed by atoms with Gasteiger partial charge in [0.05, 0.1) is 0 Å². The number of carbonyl (C=O) groups excluding carboxylic acids is 1. The molecule has 0 aliphatic carbocycles. The van der Waals surface area contributed by atoms with Crippen molar-refractivity contribution in [2.24, 2.45) is 5.41 Å². The van der Waals surface area contributed by atoms with E-state index in [9.17, 15) is 4.79 Å². The molecular weight excluding hydrogens is 192 g/mol. The van der Waals surface area contributed by atoms with Gasteiger partial charge in [-0.1, -0.05) is 26.8 Å². The average Bonchev–Trinajstić information content (AvgIpc) is 2.55. The lowest BCUT2D eigenvalue weighted by Crippen LogP contribution is -2.19. The van der Waals surface area contributed by atoms with Crippen molar-refractivity contribution < 1.29 is 4.79 Å². The van der Waals surface area contributed by atoms with E-state index < -0.39 is 0 Å². The van der Waals surface area contributed by atoms with Gasteiger partial charge in [0, 0.05) is 16.7 Å². The van der Waals surface area contributed by atoms with Crippen LogP contribution in [0.5, 0.6) is 0 Å². The molecule has 14 heavy (non-hydrogen) atoms. The molecule has 0 N–H and O–H groups in total.